The molecule has 0 unspecified atom stereocenters. The fraction of sp³-hybridized carbons (Fsp3) is 0.818. The summed E-state index contributed by atoms with van der Waals surface area (Å²) in [6.45, 7) is 4.49. The monoisotopic (exact) mass is 227 g/mol. The first kappa shape index (κ1) is 13.1. The molecule has 5 heteroatoms. The van der Waals surface area contributed by atoms with Crippen molar-refractivity contribution in [2.75, 3.05) is 26.8 Å². The van der Waals surface area contributed by atoms with Crippen molar-refractivity contribution in [3.8, 4) is 0 Å². The van der Waals surface area contributed by atoms with Gasteiger partial charge in [-0.25, -0.2) is 0 Å². The summed E-state index contributed by atoms with van der Waals surface area (Å²) in [5.74, 6) is 1.46. The summed E-state index contributed by atoms with van der Waals surface area (Å²) in [5, 5.41) is 11.1. The Labute approximate surface area is 96.6 Å². The minimum Gasteiger partial charge on any atom is -0.425 e. The highest BCUT2D eigenvalue weighted by Crippen LogP contribution is 2.04. The minimum atomic E-state index is 0.721. The number of hydrogen-bond donors (Lipinski definition) is 1. The van der Waals surface area contributed by atoms with Crippen LogP contribution < -0.4 is 5.32 Å². The largest absolute Gasteiger partial charge is 0.425 e. The molecule has 0 radical (unpaired) electrons. The average molecular weight is 227 g/mol. The number of rotatable bonds is 9. The number of aryl methyl sites for hydroxylation is 2. The first-order valence-corrected chi connectivity index (χ1v) is 5.90. The van der Waals surface area contributed by atoms with Gasteiger partial charge in [0.1, 0.15) is 0 Å². The lowest BCUT2D eigenvalue weighted by atomic mass is 10.3. The van der Waals surface area contributed by atoms with Crippen LogP contribution in [0.4, 0.5) is 0 Å². The summed E-state index contributed by atoms with van der Waals surface area (Å²) in [6, 6.07) is 0. The molecule has 1 N–H and O–H groups in total. The second kappa shape index (κ2) is 8.24. The Hall–Kier alpha value is -0.940. The molecule has 5 nitrogen and oxygen atoms in total. The van der Waals surface area contributed by atoms with Crippen molar-refractivity contribution < 1.29 is 9.15 Å². The molecule has 1 aromatic heterocycles. The van der Waals surface area contributed by atoms with E-state index in [4.69, 9.17) is 9.15 Å². The third kappa shape index (κ3) is 5.23. The highest BCUT2D eigenvalue weighted by molar-refractivity contribution is 4.82. The molecule has 0 spiro atoms. The quantitative estimate of drug-likeness (QED) is 0.642. The fourth-order valence-corrected chi connectivity index (χ4v) is 1.38. The molecule has 0 fully saturated rings. The van der Waals surface area contributed by atoms with Crippen molar-refractivity contribution in [2.24, 2.45) is 0 Å². The number of hydrogen-bond acceptors (Lipinski definition) is 5. The Morgan fingerprint density at radius 3 is 2.50 bits per heavy atom. The summed E-state index contributed by atoms with van der Waals surface area (Å²) < 4.78 is 10.7. The smallest absolute Gasteiger partial charge is 0.216 e. The van der Waals surface area contributed by atoms with E-state index in [2.05, 4.69) is 15.5 Å². The van der Waals surface area contributed by atoms with Gasteiger partial charge in [-0.3, -0.25) is 0 Å². The van der Waals surface area contributed by atoms with Crippen LogP contribution in [-0.2, 0) is 17.6 Å². The normalized spacial score (nSPS) is 10.9. The van der Waals surface area contributed by atoms with Crippen LogP contribution in [0.2, 0.25) is 0 Å². The summed E-state index contributed by atoms with van der Waals surface area (Å²) in [7, 11) is 1.94. The van der Waals surface area contributed by atoms with Gasteiger partial charge >= 0.3 is 0 Å². The molecule has 0 aliphatic heterocycles. The molecule has 1 rings (SSSR count). The van der Waals surface area contributed by atoms with Crippen molar-refractivity contribution in [1.82, 2.24) is 15.5 Å². The van der Waals surface area contributed by atoms with Crippen molar-refractivity contribution in [3.05, 3.63) is 11.8 Å². The molecule has 1 aromatic rings. The van der Waals surface area contributed by atoms with E-state index in [1.807, 2.05) is 14.0 Å². The first-order valence-electron chi connectivity index (χ1n) is 5.90. The number of nitrogens with zero attached hydrogens (tertiary/aromatic N) is 2. The third-order valence-corrected chi connectivity index (χ3v) is 2.21. The fourth-order valence-electron chi connectivity index (χ4n) is 1.38. The molecular weight excluding hydrogens is 206 g/mol. The molecule has 0 atom stereocenters. The van der Waals surface area contributed by atoms with E-state index in [1.54, 1.807) is 0 Å². The lowest BCUT2D eigenvalue weighted by molar-refractivity contribution is 0.143. The van der Waals surface area contributed by atoms with Crippen molar-refractivity contribution >= 4 is 0 Å². The predicted octanol–water partition coefficient (Wildman–Crippen LogP) is 1.19. The Balaban J connectivity index is 2.17. The zero-order valence-electron chi connectivity index (χ0n) is 10.2. The highest BCUT2D eigenvalue weighted by atomic mass is 16.5. The van der Waals surface area contributed by atoms with E-state index < -0.39 is 0 Å². The molecule has 16 heavy (non-hydrogen) atoms. The van der Waals surface area contributed by atoms with E-state index >= 15 is 0 Å². The van der Waals surface area contributed by atoms with Gasteiger partial charge < -0.3 is 14.5 Å². The van der Waals surface area contributed by atoms with E-state index in [-0.39, 0.29) is 0 Å². The maximum Gasteiger partial charge on any atom is 0.216 e. The van der Waals surface area contributed by atoms with Gasteiger partial charge in [-0.05, 0) is 33.4 Å². The van der Waals surface area contributed by atoms with E-state index in [0.717, 1.165) is 57.2 Å². The third-order valence-electron chi connectivity index (χ3n) is 2.21. The predicted molar refractivity (Wildman–Crippen MR) is 61.4 cm³/mol. The maximum atomic E-state index is 5.50. The zero-order valence-corrected chi connectivity index (χ0v) is 10.2. The van der Waals surface area contributed by atoms with Gasteiger partial charge in [-0.1, -0.05) is 0 Å². The van der Waals surface area contributed by atoms with E-state index in [9.17, 15) is 0 Å². The lowest BCUT2D eigenvalue weighted by Crippen LogP contribution is -2.08. The van der Waals surface area contributed by atoms with E-state index in [1.165, 1.54) is 0 Å². The van der Waals surface area contributed by atoms with Crippen LogP contribution in [0.15, 0.2) is 4.42 Å². The topological polar surface area (TPSA) is 60.2 Å². The standard InChI is InChI=1S/C11H21N3O2/c1-3-15-9-5-7-11-14-13-10(16-11)6-4-8-12-2/h12H,3-9H2,1-2H3. The number of ether oxygens (including phenoxy) is 1. The van der Waals surface area contributed by atoms with Crippen LogP contribution in [0.3, 0.4) is 0 Å². The van der Waals surface area contributed by atoms with Gasteiger partial charge in [0.05, 0.1) is 0 Å². The van der Waals surface area contributed by atoms with Gasteiger partial charge in [0.15, 0.2) is 0 Å². The van der Waals surface area contributed by atoms with E-state index in [0.29, 0.717) is 0 Å². The zero-order chi connectivity index (χ0) is 11.6. The van der Waals surface area contributed by atoms with Crippen LogP contribution in [0.25, 0.3) is 0 Å². The Morgan fingerprint density at radius 2 is 1.88 bits per heavy atom. The molecule has 1 heterocycles. The highest BCUT2D eigenvalue weighted by Gasteiger charge is 2.05. The van der Waals surface area contributed by atoms with Crippen LogP contribution in [-0.4, -0.2) is 37.0 Å². The Bertz CT molecular complexity index is 276. The maximum absolute atomic E-state index is 5.50. The summed E-state index contributed by atoms with van der Waals surface area (Å²) in [6.07, 6.45) is 3.61. The van der Waals surface area contributed by atoms with Gasteiger partial charge in [-0.15, -0.1) is 10.2 Å². The van der Waals surface area contributed by atoms with Crippen LogP contribution in [0.5, 0.6) is 0 Å². The molecule has 0 saturated carbocycles. The average Bonchev–Trinajstić information content (AvgIpc) is 2.73. The van der Waals surface area contributed by atoms with Crippen LogP contribution in [0, 0.1) is 0 Å². The molecule has 0 bridgehead atoms. The van der Waals surface area contributed by atoms with Gasteiger partial charge in [0, 0.05) is 26.1 Å². The minimum absolute atomic E-state index is 0.721. The van der Waals surface area contributed by atoms with Gasteiger partial charge in [-0.2, -0.15) is 0 Å². The number of nitrogens with one attached hydrogen (secondary N) is 1. The van der Waals surface area contributed by atoms with Crippen molar-refractivity contribution in [1.29, 1.82) is 0 Å². The molecule has 0 aliphatic rings. The SMILES string of the molecule is CCOCCCc1nnc(CCCNC)o1. The molecule has 0 amide bonds. The summed E-state index contributed by atoms with van der Waals surface area (Å²) >= 11 is 0. The molecule has 92 valence electrons. The summed E-state index contributed by atoms with van der Waals surface area (Å²) in [4.78, 5) is 0. The second-order valence-electron chi connectivity index (χ2n) is 3.60. The molecule has 0 saturated heterocycles. The van der Waals surface area contributed by atoms with Crippen LogP contribution in [0.1, 0.15) is 31.5 Å². The van der Waals surface area contributed by atoms with Gasteiger partial charge in [0.25, 0.3) is 0 Å². The molecule has 0 aromatic carbocycles. The van der Waals surface area contributed by atoms with Crippen molar-refractivity contribution in [3.63, 3.8) is 0 Å². The number of aromatic nitrogens is 2. The lowest BCUT2D eigenvalue weighted by Gasteiger charge is -1.97. The first-order chi connectivity index (χ1) is 7.86. The Kier molecular flexibility index (Phi) is 6.76. The Morgan fingerprint density at radius 1 is 1.19 bits per heavy atom. The van der Waals surface area contributed by atoms with Crippen molar-refractivity contribution in [2.45, 2.75) is 32.6 Å². The second-order valence-corrected chi connectivity index (χ2v) is 3.60. The molecule has 0 aliphatic carbocycles. The molecular formula is C11H21N3O2. The van der Waals surface area contributed by atoms with Crippen LogP contribution >= 0.6 is 0 Å². The summed E-state index contributed by atoms with van der Waals surface area (Å²) in [5.41, 5.74) is 0. The van der Waals surface area contributed by atoms with Gasteiger partial charge in [0.2, 0.25) is 11.8 Å².